The van der Waals surface area contributed by atoms with Crippen LogP contribution in [0.4, 0.5) is 0 Å². The molecule has 2 aromatic rings. The zero-order chi connectivity index (χ0) is 13.4. The molecule has 0 heterocycles. The summed E-state index contributed by atoms with van der Waals surface area (Å²) in [5, 5.41) is 10.2. The van der Waals surface area contributed by atoms with Crippen LogP contribution in [-0.2, 0) is 0 Å². The topological polar surface area (TPSA) is 20.2 Å². The van der Waals surface area contributed by atoms with E-state index in [-0.39, 0.29) is 25.8 Å². The average molecular weight is 342 g/mol. The summed E-state index contributed by atoms with van der Waals surface area (Å²) in [6, 6.07) is 6.98. The molecule has 0 bridgehead atoms. The van der Waals surface area contributed by atoms with Crippen molar-refractivity contribution in [3.05, 3.63) is 49.4 Å². The first-order valence-corrected chi connectivity index (χ1v) is 6.64. The molecule has 0 unspecified atom stereocenters. The van der Waals surface area contributed by atoms with Crippen LogP contribution in [0, 0.1) is 0 Å². The van der Waals surface area contributed by atoms with Crippen molar-refractivity contribution in [1.29, 1.82) is 0 Å². The zero-order valence-electron chi connectivity index (χ0n) is 8.65. The minimum atomic E-state index is -0.343. The summed E-state index contributed by atoms with van der Waals surface area (Å²) >= 11 is 30.0. The van der Waals surface area contributed by atoms with Crippen molar-refractivity contribution in [2.45, 2.75) is 0 Å². The van der Waals surface area contributed by atoms with Gasteiger partial charge in [-0.1, -0.05) is 76.2 Å². The van der Waals surface area contributed by atoms with E-state index in [4.69, 9.17) is 58.0 Å². The minimum absolute atomic E-state index is 0.0546. The summed E-state index contributed by atoms with van der Waals surface area (Å²) in [5.74, 6) is -0.343. The standard InChI is InChI=1S/C12H5Cl5O/c13-6-4-2-1-3-5(6)7-8(14)10(16)12(18)11(17)9(7)15/h1-4,18H. The quantitative estimate of drug-likeness (QED) is 0.601. The molecule has 0 radical (unpaired) electrons. The maximum atomic E-state index is 9.64. The van der Waals surface area contributed by atoms with Crippen LogP contribution in [0.1, 0.15) is 0 Å². The summed E-state index contributed by atoms with van der Waals surface area (Å²) in [5.41, 5.74) is 0.995. The normalized spacial score (nSPS) is 10.7. The minimum Gasteiger partial charge on any atom is -0.505 e. The van der Waals surface area contributed by atoms with Gasteiger partial charge < -0.3 is 5.11 Å². The van der Waals surface area contributed by atoms with Gasteiger partial charge in [0.2, 0.25) is 0 Å². The van der Waals surface area contributed by atoms with Gasteiger partial charge in [0.15, 0.2) is 5.75 Å². The lowest BCUT2D eigenvalue weighted by Crippen LogP contribution is -1.87. The zero-order valence-corrected chi connectivity index (χ0v) is 12.4. The molecule has 0 aliphatic carbocycles. The molecule has 0 saturated heterocycles. The van der Waals surface area contributed by atoms with Gasteiger partial charge in [-0.15, -0.1) is 0 Å². The van der Waals surface area contributed by atoms with Gasteiger partial charge in [-0.2, -0.15) is 0 Å². The van der Waals surface area contributed by atoms with Crippen molar-refractivity contribution in [2.75, 3.05) is 0 Å². The second-order valence-electron chi connectivity index (χ2n) is 3.46. The number of benzene rings is 2. The lowest BCUT2D eigenvalue weighted by Gasteiger charge is -2.13. The predicted octanol–water partition coefficient (Wildman–Crippen LogP) is 6.33. The monoisotopic (exact) mass is 340 g/mol. The Hall–Kier alpha value is -0.310. The molecule has 0 amide bonds. The van der Waals surface area contributed by atoms with Crippen LogP contribution < -0.4 is 0 Å². The summed E-state index contributed by atoms with van der Waals surface area (Å²) in [4.78, 5) is 0. The Labute approximate surface area is 129 Å². The van der Waals surface area contributed by atoms with Gasteiger partial charge in [-0.25, -0.2) is 0 Å². The van der Waals surface area contributed by atoms with Gasteiger partial charge in [-0.3, -0.25) is 0 Å². The third-order valence-electron chi connectivity index (χ3n) is 2.38. The van der Waals surface area contributed by atoms with Crippen LogP contribution in [-0.4, -0.2) is 5.11 Å². The van der Waals surface area contributed by atoms with Crippen LogP contribution in [0.15, 0.2) is 24.3 Å². The van der Waals surface area contributed by atoms with E-state index in [9.17, 15) is 5.11 Å². The van der Waals surface area contributed by atoms with Gasteiger partial charge in [0.25, 0.3) is 0 Å². The van der Waals surface area contributed by atoms with Gasteiger partial charge in [0, 0.05) is 16.1 Å². The van der Waals surface area contributed by atoms with Crippen molar-refractivity contribution in [3.8, 4) is 16.9 Å². The number of hydrogen-bond donors (Lipinski definition) is 1. The first-order chi connectivity index (χ1) is 8.45. The van der Waals surface area contributed by atoms with E-state index in [1.807, 2.05) is 0 Å². The Balaban J connectivity index is 2.85. The Kier molecular flexibility index (Phi) is 4.20. The molecule has 0 spiro atoms. The third kappa shape index (κ3) is 2.26. The molecule has 0 fully saturated rings. The van der Waals surface area contributed by atoms with Crippen molar-refractivity contribution in [1.82, 2.24) is 0 Å². The summed E-state index contributed by atoms with van der Waals surface area (Å²) < 4.78 is 0. The molecule has 0 aromatic heterocycles. The SMILES string of the molecule is Oc1c(Cl)c(Cl)c(-c2ccccc2Cl)c(Cl)c1Cl. The van der Waals surface area contributed by atoms with Crippen LogP contribution in [0.3, 0.4) is 0 Å². The molecule has 0 saturated carbocycles. The number of phenols is 1. The molecule has 1 nitrogen and oxygen atoms in total. The fourth-order valence-electron chi connectivity index (χ4n) is 1.52. The van der Waals surface area contributed by atoms with E-state index in [0.717, 1.165) is 0 Å². The maximum Gasteiger partial charge on any atom is 0.155 e. The number of hydrogen-bond acceptors (Lipinski definition) is 1. The van der Waals surface area contributed by atoms with E-state index >= 15 is 0 Å². The van der Waals surface area contributed by atoms with Gasteiger partial charge >= 0.3 is 0 Å². The van der Waals surface area contributed by atoms with Crippen molar-refractivity contribution in [2.24, 2.45) is 0 Å². The number of halogens is 5. The molecule has 0 aliphatic rings. The third-order valence-corrected chi connectivity index (χ3v) is 4.40. The first kappa shape index (κ1) is 14.1. The molecule has 0 atom stereocenters. The summed E-state index contributed by atoms with van der Waals surface area (Å²) in [6.45, 7) is 0. The molecule has 2 aromatic carbocycles. The first-order valence-electron chi connectivity index (χ1n) is 4.75. The van der Waals surface area contributed by atoms with Gasteiger partial charge in [0.05, 0.1) is 10.0 Å². The predicted molar refractivity (Wildman–Crippen MR) is 78.6 cm³/mol. The second-order valence-corrected chi connectivity index (χ2v) is 5.38. The fraction of sp³-hybridized carbons (Fsp3) is 0. The Morgan fingerprint density at radius 2 is 1.22 bits per heavy atom. The van der Waals surface area contributed by atoms with E-state index in [1.165, 1.54) is 0 Å². The highest BCUT2D eigenvalue weighted by atomic mass is 35.5. The lowest BCUT2D eigenvalue weighted by atomic mass is 10.1. The largest absolute Gasteiger partial charge is 0.505 e. The molecule has 94 valence electrons. The van der Waals surface area contributed by atoms with Crippen LogP contribution in [0.2, 0.25) is 25.1 Å². The molecule has 6 heteroatoms. The van der Waals surface area contributed by atoms with Crippen molar-refractivity contribution in [3.63, 3.8) is 0 Å². The van der Waals surface area contributed by atoms with Crippen LogP contribution in [0.25, 0.3) is 11.1 Å². The van der Waals surface area contributed by atoms with Gasteiger partial charge in [0.1, 0.15) is 10.0 Å². The number of phenolic OH excluding ortho intramolecular Hbond substituents is 1. The van der Waals surface area contributed by atoms with Crippen LogP contribution >= 0.6 is 58.0 Å². The van der Waals surface area contributed by atoms with E-state index in [1.54, 1.807) is 24.3 Å². The van der Waals surface area contributed by atoms with Crippen molar-refractivity contribution >= 4 is 58.0 Å². The Morgan fingerprint density at radius 1 is 0.722 bits per heavy atom. The number of aromatic hydroxyl groups is 1. The molecule has 18 heavy (non-hydrogen) atoms. The van der Waals surface area contributed by atoms with Crippen molar-refractivity contribution < 1.29 is 5.11 Å². The highest BCUT2D eigenvalue weighted by Gasteiger charge is 2.22. The van der Waals surface area contributed by atoms with Crippen LogP contribution in [0.5, 0.6) is 5.75 Å². The number of rotatable bonds is 1. The molecular formula is C12H5Cl5O. The molecule has 1 N–H and O–H groups in total. The maximum absolute atomic E-state index is 9.64. The van der Waals surface area contributed by atoms with E-state index in [2.05, 4.69) is 0 Å². The molecule has 0 aliphatic heterocycles. The Bertz CT molecular complexity index is 595. The highest BCUT2D eigenvalue weighted by molar-refractivity contribution is 6.52. The lowest BCUT2D eigenvalue weighted by molar-refractivity contribution is 0.476. The smallest absolute Gasteiger partial charge is 0.155 e. The highest BCUT2D eigenvalue weighted by Crippen LogP contribution is 2.50. The summed E-state index contributed by atoms with van der Waals surface area (Å²) in [7, 11) is 0. The second kappa shape index (κ2) is 5.36. The average Bonchev–Trinajstić information content (AvgIpc) is 2.36. The van der Waals surface area contributed by atoms with Gasteiger partial charge in [-0.05, 0) is 6.07 Å². The summed E-state index contributed by atoms with van der Waals surface area (Å²) in [6.07, 6.45) is 0. The fourth-order valence-corrected chi connectivity index (χ4v) is 2.80. The van der Waals surface area contributed by atoms with E-state index < -0.39 is 0 Å². The van der Waals surface area contributed by atoms with E-state index in [0.29, 0.717) is 16.1 Å². The Morgan fingerprint density at radius 3 is 1.72 bits per heavy atom. The molecule has 2 rings (SSSR count). The molecular weight excluding hydrogens is 337 g/mol.